The zero-order valence-electron chi connectivity index (χ0n) is 14.0. The Morgan fingerprint density at radius 1 is 1.29 bits per heavy atom. The van der Waals surface area contributed by atoms with Crippen molar-refractivity contribution in [1.29, 1.82) is 0 Å². The molecule has 1 atom stereocenters. The fourth-order valence-corrected chi connectivity index (χ4v) is 3.68. The number of carbonyl (C=O) groups is 2. The molecule has 0 aromatic heterocycles. The molecule has 2 rings (SSSR count). The predicted octanol–water partition coefficient (Wildman–Crippen LogP) is 2.52. The summed E-state index contributed by atoms with van der Waals surface area (Å²) in [6, 6.07) is 4.88. The van der Waals surface area contributed by atoms with Crippen LogP contribution in [-0.2, 0) is 4.79 Å². The van der Waals surface area contributed by atoms with E-state index in [0.29, 0.717) is 28.9 Å². The number of carbonyl (C=O) groups excluding carboxylic acids is 1. The van der Waals surface area contributed by atoms with Crippen LogP contribution < -0.4 is 9.47 Å². The maximum atomic E-state index is 12.7. The molecular weight excluding hydrogens is 330 g/mol. The van der Waals surface area contributed by atoms with Crippen molar-refractivity contribution in [2.45, 2.75) is 25.5 Å². The number of benzene rings is 1. The Labute approximate surface area is 146 Å². The van der Waals surface area contributed by atoms with Crippen LogP contribution in [0.3, 0.4) is 0 Å². The number of nitrogens with zero attached hydrogens (tertiary/aromatic N) is 1. The molecule has 1 aromatic carbocycles. The Bertz CT molecular complexity index is 592. The zero-order valence-corrected chi connectivity index (χ0v) is 14.8. The minimum absolute atomic E-state index is 0.0283. The van der Waals surface area contributed by atoms with Gasteiger partial charge in [-0.25, -0.2) is 4.79 Å². The van der Waals surface area contributed by atoms with Gasteiger partial charge in [0.05, 0.1) is 6.61 Å². The molecule has 0 saturated carbocycles. The highest BCUT2D eigenvalue weighted by Gasteiger charge is 2.24. The molecule has 1 amide bonds. The number of amides is 1. The number of rotatable bonds is 7. The van der Waals surface area contributed by atoms with Gasteiger partial charge in [0.1, 0.15) is 0 Å². The van der Waals surface area contributed by atoms with Crippen molar-refractivity contribution in [2.75, 3.05) is 32.1 Å². The van der Waals surface area contributed by atoms with Crippen LogP contribution in [0.15, 0.2) is 18.2 Å². The van der Waals surface area contributed by atoms with Crippen LogP contribution in [-0.4, -0.2) is 59.2 Å². The first-order valence-corrected chi connectivity index (χ1v) is 9.12. The smallest absolute Gasteiger partial charge is 0.341 e. The third-order valence-corrected chi connectivity index (χ3v) is 5.10. The zero-order chi connectivity index (χ0) is 17.5. The maximum absolute atomic E-state index is 12.7. The van der Waals surface area contributed by atoms with Crippen LogP contribution in [0.1, 0.15) is 30.6 Å². The normalized spacial score (nSPS) is 17.4. The Morgan fingerprint density at radius 2 is 2.08 bits per heavy atom. The lowest BCUT2D eigenvalue weighted by molar-refractivity contribution is -0.139. The minimum atomic E-state index is -1.06. The first-order valence-electron chi connectivity index (χ1n) is 8.07. The van der Waals surface area contributed by atoms with Crippen LogP contribution >= 0.6 is 11.8 Å². The number of hydrogen-bond donors (Lipinski definition) is 1. The second-order valence-corrected chi connectivity index (χ2v) is 6.84. The van der Waals surface area contributed by atoms with Gasteiger partial charge in [0.25, 0.3) is 5.91 Å². The van der Waals surface area contributed by atoms with Gasteiger partial charge in [-0.2, -0.15) is 11.8 Å². The van der Waals surface area contributed by atoms with E-state index in [1.807, 2.05) is 23.6 Å². The fraction of sp³-hybridized carbons (Fsp3) is 0.529. The first kappa shape index (κ1) is 18.4. The van der Waals surface area contributed by atoms with E-state index in [1.165, 1.54) is 0 Å². The quantitative estimate of drug-likeness (QED) is 0.812. The molecular formula is C17H23NO5S. The number of ether oxygens (including phenoxy) is 2. The van der Waals surface area contributed by atoms with E-state index in [1.54, 1.807) is 18.2 Å². The number of thioether (sulfide) groups is 1. The fourth-order valence-electron chi connectivity index (χ4n) is 2.50. The van der Waals surface area contributed by atoms with E-state index >= 15 is 0 Å². The molecule has 1 unspecified atom stereocenters. The molecule has 1 N–H and O–H groups in total. The Morgan fingerprint density at radius 3 is 2.75 bits per heavy atom. The second-order valence-electron chi connectivity index (χ2n) is 5.43. The highest BCUT2D eigenvalue weighted by Crippen LogP contribution is 2.30. The molecule has 1 aromatic rings. The highest BCUT2D eigenvalue weighted by molar-refractivity contribution is 8.00. The molecule has 132 valence electrons. The third-order valence-electron chi connectivity index (χ3n) is 3.72. The van der Waals surface area contributed by atoms with Crippen LogP contribution in [0.25, 0.3) is 0 Å². The average Bonchev–Trinajstić information content (AvgIpc) is 2.60. The SMILES string of the molecule is CCOc1cc(C(=O)N2CCSC(CC)C2)ccc1OCC(=O)O. The third kappa shape index (κ3) is 4.80. The monoisotopic (exact) mass is 353 g/mol. The number of carboxylic acids is 1. The average molecular weight is 353 g/mol. The first-order chi connectivity index (χ1) is 11.5. The van der Waals surface area contributed by atoms with E-state index in [-0.39, 0.29) is 5.91 Å². The summed E-state index contributed by atoms with van der Waals surface area (Å²) in [7, 11) is 0. The Kier molecular flexibility index (Phi) is 6.78. The molecule has 1 aliphatic rings. The van der Waals surface area contributed by atoms with E-state index < -0.39 is 12.6 Å². The van der Waals surface area contributed by atoms with E-state index in [9.17, 15) is 9.59 Å². The van der Waals surface area contributed by atoms with Gasteiger partial charge in [-0.1, -0.05) is 6.92 Å². The molecule has 24 heavy (non-hydrogen) atoms. The lowest BCUT2D eigenvalue weighted by Crippen LogP contribution is -2.41. The molecule has 6 nitrogen and oxygen atoms in total. The Hall–Kier alpha value is -1.89. The number of carboxylic acid groups (broad SMARTS) is 1. The summed E-state index contributed by atoms with van der Waals surface area (Å²) in [6.07, 6.45) is 1.04. The van der Waals surface area contributed by atoms with Gasteiger partial charge in [0, 0.05) is 29.7 Å². The molecule has 0 aliphatic carbocycles. The van der Waals surface area contributed by atoms with Crippen LogP contribution in [0.4, 0.5) is 0 Å². The van der Waals surface area contributed by atoms with Crippen molar-refractivity contribution in [3.63, 3.8) is 0 Å². The molecule has 0 bridgehead atoms. The Balaban J connectivity index is 2.15. The summed E-state index contributed by atoms with van der Waals surface area (Å²) < 4.78 is 10.7. The van der Waals surface area contributed by atoms with Crippen LogP contribution in [0.5, 0.6) is 11.5 Å². The molecule has 0 radical (unpaired) electrons. The van der Waals surface area contributed by atoms with E-state index in [2.05, 4.69) is 6.92 Å². The molecule has 0 spiro atoms. The standard InChI is InChI=1S/C17H23NO5S/c1-3-13-10-18(7-8-24-13)17(21)12-5-6-14(23-11-16(19)20)15(9-12)22-4-2/h5-6,9,13H,3-4,7-8,10-11H2,1-2H3,(H,19,20). The summed E-state index contributed by atoms with van der Waals surface area (Å²) in [5.74, 6) is 0.579. The van der Waals surface area contributed by atoms with Crippen molar-refractivity contribution in [2.24, 2.45) is 0 Å². The lowest BCUT2D eigenvalue weighted by Gasteiger charge is -2.32. The second kappa shape index (κ2) is 8.82. The van der Waals surface area contributed by atoms with Crippen molar-refractivity contribution < 1.29 is 24.2 Å². The number of aliphatic carboxylic acids is 1. The van der Waals surface area contributed by atoms with E-state index in [4.69, 9.17) is 14.6 Å². The lowest BCUT2D eigenvalue weighted by atomic mass is 10.1. The largest absolute Gasteiger partial charge is 0.490 e. The van der Waals surface area contributed by atoms with Gasteiger partial charge in [0.2, 0.25) is 0 Å². The van der Waals surface area contributed by atoms with Crippen LogP contribution in [0.2, 0.25) is 0 Å². The molecule has 7 heteroatoms. The molecule has 1 fully saturated rings. The predicted molar refractivity (Wildman–Crippen MR) is 93.2 cm³/mol. The van der Waals surface area contributed by atoms with Crippen molar-refractivity contribution >= 4 is 23.6 Å². The summed E-state index contributed by atoms with van der Waals surface area (Å²) in [5, 5.41) is 9.21. The van der Waals surface area contributed by atoms with Gasteiger partial charge >= 0.3 is 5.97 Å². The molecule has 1 aliphatic heterocycles. The van der Waals surface area contributed by atoms with Gasteiger partial charge in [-0.15, -0.1) is 0 Å². The highest BCUT2D eigenvalue weighted by atomic mass is 32.2. The maximum Gasteiger partial charge on any atom is 0.341 e. The van der Waals surface area contributed by atoms with Crippen molar-refractivity contribution in [3.8, 4) is 11.5 Å². The van der Waals surface area contributed by atoms with E-state index in [0.717, 1.165) is 25.3 Å². The van der Waals surface area contributed by atoms with Gasteiger partial charge < -0.3 is 19.5 Å². The minimum Gasteiger partial charge on any atom is -0.490 e. The summed E-state index contributed by atoms with van der Waals surface area (Å²) in [5.41, 5.74) is 0.530. The molecule has 1 saturated heterocycles. The summed E-state index contributed by atoms with van der Waals surface area (Å²) >= 11 is 1.91. The summed E-state index contributed by atoms with van der Waals surface area (Å²) in [6.45, 7) is 5.40. The topological polar surface area (TPSA) is 76.1 Å². The number of hydrogen-bond acceptors (Lipinski definition) is 5. The van der Waals surface area contributed by atoms with Crippen LogP contribution in [0, 0.1) is 0 Å². The van der Waals surface area contributed by atoms with Gasteiger partial charge in [-0.3, -0.25) is 4.79 Å². The molecule has 1 heterocycles. The summed E-state index contributed by atoms with van der Waals surface area (Å²) in [4.78, 5) is 25.2. The van der Waals surface area contributed by atoms with Crippen molar-refractivity contribution in [1.82, 2.24) is 4.90 Å². The van der Waals surface area contributed by atoms with Crippen molar-refractivity contribution in [3.05, 3.63) is 23.8 Å². The van der Waals surface area contributed by atoms with Gasteiger partial charge in [-0.05, 0) is 31.5 Å². The van der Waals surface area contributed by atoms with Gasteiger partial charge in [0.15, 0.2) is 18.1 Å².